The minimum atomic E-state index is -0.439. The van der Waals surface area contributed by atoms with Crippen LogP contribution in [0.15, 0.2) is 29.2 Å². The van der Waals surface area contributed by atoms with Crippen LogP contribution in [-0.4, -0.2) is 55.7 Å². The highest BCUT2D eigenvalue weighted by Crippen LogP contribution is 2.21. The number of aromatic nitrogens is 5. The van der Waals surface area contributed by atoms with Gasteiger partial charge < -0.3 is 14.6 Å². The highest BCUT2D eigenvalue weighted by atomic mass is 35.5. The number of benzene rings is 1. The van der Waals surface area contributed by atoms with Crippen LogP contribution < -0.4 is 5.43 Å². The molecule has 1 aliphatic rings. The van der Waals surface area contributed by atoms with E-state index in [0.29, 0.717) is 34.9 Å². The van der Waals surface area contributed by atoms with Gasteiger partial charge in [0.25, 0.3) is 5.91 Å². The highest BCUT2D eigenvalue weighted by molar-refractivity contribution is 6.31. The number of carbonyl (C=O) groups is 1. The Balaban J connectivity index is 1.64. The van der Waals surface area contributed by atoms with Gasteiger partial charge in [0.05, 0.1) is 18.7 Å². The molecule has 0 radical (unpaired) electrons. The Morgan fingerprint density at radius 3 is 3.04 bits per heavy atom. The smallest absolute Gasteiger partial charge is 0.259 e. The Kier molecular flexibility index (Phi) is 4.17. The van der Waals surface area contributed by atoms with Crippen molar-refractivity contribution in [3.8, 4) is 0 Å². The maximum atomic E-state index is 12.9. The van der Waals surface area contributed by atoms with E-state index in [-0.39, 0.29) is 23.4 Å². The van der Waals surface area contributed by atoms with E-state index in [1.165, 1.54) is 10.9 Å². The Labute approximate surface area is 152 Å². The van der Waals surface area contributed by atoms with Crippen LogP contribution in [0.3, 0.4) is 0 Å². The molecule has 134 valence electrons. The Hall–Kier alpha value is -2.78. The summed E-state index contributed by atoms with van der Waals surface area (Å²) in [4.78, 5) is 30.2. The van der Waals surface area contributed by atoms with Crippen molar-refractivity contribution in [1.29, 1.82) is 0 Å². The molecule has 0 spiro atoms. The van der Waals surface area contributed by atoms with E-state index in [1.807, 2.05) is 0 Å². The van der Waals surface area contributed by atoms with Crippen LogP contribution in [0.2, 0.25) is 5.02 Å². The summed E-state index contributed by atoms with van der Waals surface area (Å²) in [7, 11) is 1.71. The van der Waals surface area contributed by atoms with Gasteiger partial charge in [0.2, 0.25) is 5.43 Å². The van der Waals surface area contributed by atoms with Gasteiger partial charge in [0.1, 0.15) is 11.7 Å². The second-order valence-corrected chi connectivity index (χ2v) is 6.43. The number of aromatic amines is 1. The lowest BCUT2D eigenvalue weighted by Crippen LogP contribution is -2.44. The first-order chi connectivity index (χ1) is 12.5. The highest BCUT2D eigenvalue weighted by Gasteiger charge is 2.30. The van der Waals surface area contributed by atoms with Crippen LogP contribution in [0.4, 0.5) is 0 Å². The molecular weight excluding hydrogens is 360 g/mol. The van der Waals surface area contributed by atoms with Gasteiger partial charge in [-0.15, -0.1) is 5.10 Å². The third-order valence-electron chi connectivity index (χ3n) is 4.37. The van der Waals surface area contributed by atoms with Crippen molar-refractivity contribution in [2.75, 3.05) is 19.7 Å². The number of pyridine rings is 1. The lowest BCUT2D eigenvalue weighted by molar-refractivity contribution is -0.0284. The second-order valence-electron chi connectivity index (χ2n) is 5.99. The number of carbonyl (C=O) groups excluding carboxylic acids is 1. The van der Waals surface area contributed by atoms with E-state index in [1.54, 1.807) is 30.1 Å². The third kappa shape index (κ3) is 2.85. The molecule has 0 aliphatic carbocycles. The number of ether oxygens (including phenoxy) is 1. The fraction of sp³-hybridized carbons (Fsp3) is 0.312. The second kappa shape index (κ2) is 6.50. The van der Waals surface area contributed by atoms with Crippen molar-refractivity contribution in [1.82, 2.24) is 30.1 Å². The number of nitrogens with one attached hydrogen (secondary N) is 1. The summed E-state index contributed by atoms with van der Waals surface area (Å²) in [6.07, 6.45) is 0.989. The summed E-state index contributed by atoms with van der Waals surface area (Å²) in [5.41, 5.74) is 0.337. The average molecular weight is 375 g/mol. The molecule has 3 heterocycles. The quantitative estimate of drug-likeness (QED) is 0.715. The fourth-order valence-corrected chi connectivity index (χ4v) is 3.19. The SMILES string of the molecule is Cn1nnnc1C1CN(C(=O)c2c[nH]c3cc(Cl)ccc3c2=O)CCO1. The standard InChI is InChI=1S/C16H15ClN6O3/c1-22-15(19-20-21-22)13-8-23(4-5-26-13)16(25)11-7-18-12-6-9(17)2-3-10(12)14(11)24/h2-3,6-7,13H,4-5,8H2,1H3,(H,18,24). The van der Waals surface area contributed by atoms with E-state index < -0.39 is 6.10 Å². The molecule has 1 amide bonds. The van der Waals surface area contributed by atoms with Crippen LogP contribution >= 0.6 is 11.6 Å². The minimum Gasteiger partial charge on any atom is -0.366 e. The van der Waals surface area contributed by atoms with Crippen molar-refractivity contribution in [2.45, 2.75) is 6.10 Å². The van der Waals surface area contributed by atoms with E-state index in [0.717, 1.165) is 0 Å². The lowest BCUT2D eigenvalue weighted by Gasteiger charge is -2.32. The van der Waals surface area contributed by atoms with Gasteiger partial charge in [0, 0.05) is 30.2 Å². The van der Waals surface area contributed by atoms with Crippen LogP contribution in [0, 0.1) is 0 Å². The van der Waals surface area contributed by atoms with E-state index in [2.05, 4.69) is 20.5 Å². The molecule has 1 atom stereocenters. The zero-order valence-electron chi connectivity index (χ0n) is 13.8. The lowest BCUT2D eigenvalue weighted by atomic mass is 10.1. The summed E-state index contributed by atoms with van der Waals surface area (Å²) < 4.78 is 7.18. The number of fused-ring (bicyclic) bond motifs is 1. The first-order valence-electron chi connectivity index (χ1n) is 7.98. The molecule has 1 unspecified atom stereocenters. The molecular formula is C16H15ClN6O3. The molecule has 1 aromatic carbocycles. The number of H-pyrrole nitrogens is 1. The maximum absolute atomic E-state index is 12.9. The van der Waals surface area contributed by atoms with Crippen molar-refractivity contribution in [2.24, 2.45) is 7.05 Å². The summed E-state index contributed by atoms with van der Waals surface area (Å²) >= 11 is 5.94. The number of rotatable bonds is 2. The normalized spacial score (nSPS) is 17.6. The summed E-state index contributed by atoms with van der Waals surface area (Å²) in [6.45, 7) is 0.994. The molecule has 1 fully saturated rings. The first kappa shape index (κ1) is 16.7. The first-order valence-corrected chi connectivity index (χ1v) is 8.36. The maximum Gasteiger partial charge on any atom is 0.259 e. The molecule has 4 rings (SSSR count). The van der Waals surface area contributed by atoms with Crippen molar-refractivity contribution < 1.29 is 9.53 Å². The van der Waals surface area contributed by atoms with Crippen LogP contribution in [0.25, 0.3) is 10.9 Å². The molecule has 3 aromatic rings. The summed E-state index contributed by atoms with van der Waals surface area (Å²) in [6, 6.07) is 4.89. The molecule has 1 aliphatic heterocycles. The topological polar surface area (TPSA) is 106 Å². The predicted molar refractivity (Wildman–Crippen MR) is 93.0 cm³/mol. The minimum absolute atomic E-state index is 0.0802. The van der Waals surface area contributed by atoms with E-state index in [4.69, 9.17) is 16.3 Å². The van der Waals surface area contributed by atoms with Gasteiger partial charge in [-0.1, -0.05) is 11.6 Å². The van der Waals surface area contributed by atoms with Crippen LogP contribution in [0.5, 0.6) is 0 Å². The number of hydrogen-bond donors (Lipinski definition) is 1. The van der Waals surface area contributed by atoms with Gasteiger partial charge in [-0.3, -0.25) is 9.59 Å². The summed E-state index contributed by atoms with van der Waals surface area (Å²) in [5, 5.41) is 12.2. The Bertz CT molecular complexity index is 1050. The number of aryl methyl sites for hydroxylation is 1. The van der Waals surface area contributed by atoms with E-state index >= 15 is 0 Å². The predicted octanol–water partition coefficient (Wildman–Crippen LogP) is 0.919. The summed E-state index contributed by atoms with van der Waals surface area (Å²) in [5.74, 6) is 0.177. The van der Waals surface area contributed by atoms with Crippen molar-refractivity contribution >= 4 is 28.4 Å². The number of amides is 1. The van der Waals surface area contributed by atoms with Gasteiger partial charge >= 0.3 is 0 Å². The zero-order chi connectivity index (χ0) is 18.3. The largest absolute Gasteiger partial charge is 0.366 e. The molecule has 9 nitrogen and oxygen atoms in total. The van der Waals surface area contributed by atoms with Crippen LogP contribution in [-0.2, 0) is 11.8 Å². The molecule has 1 N–H and O–H groups in total. The van der Waals surface area contributed by atoms with Crippen molar-refractivity contribution in [3.63, 3.8) is 0 Å². The van der Waals surface area contributed by atoms with E-state index in [9.17, 15) is 9.59 Å². The molecule has 26 heavy (non-hydrogen) atoms. The fourth-order valence-electron chi connectivity index (χ4n) is 3.02. The average Bonchev–Trinajstić information content (AvgIpc) is 3.07. The van der Waals surface area contributed by atoms with Crippen molar-refractivity contribution in [3.05, 3.63) is 51.0 Å². The van der Waals surface area contributed by atoms with Gasteiger partial charge in [0.15, 0.2) is 5.82 Å². The van der Waals surface area contributed by atoms with Gasteiger partial charge in [-0.25, -0.2) is 4.68 Å². The Morgan fingerprint density at radius 1 is 1.42 bits per heavy atom. The molecule has 10 heteroatoms. The zero-order valence-corrected chi connectivity index (χ0v) is 14.6. The number of tetrazole rings is 1. The van der Waals surface area contributed by atoms with Gasteiger partial charge in [-0.05, 0) is 28.6 Å². The number of hydrogen-bond acceptors (Lipinski definition) is 6. The molecule has 2 aromatic heterocycles. The van der Waals surface area contributed by atoms with Crippen LogP contribution in [0.1, 0.15) is 22.3 Å². The number of morpholine rings is 1. The number of nitrogens with zero attached hydrogens (tertiary/aromatic N) is 5. The third-order valence-corrected chi connectivity index (χ3v) is 4.60. The molecule has 0 bridgehead atoms. The molecule has 0 saturated carbocycles. The Morgan fingerprint density at radius 2 is 2.27 bits per heavy atom. The molecule has 1 saturated heterocycles. The van der Waals surface area contributed by atoms with Gasteiger partial charge in [-0.2, -0.15) is 0 Å². The monoisotopic (exact) mass is 374 g/mol. The number of halogens is 1.